The second-order valence-electron chi connectivity index (χ2n) is 4.19. The molecule has 19 heavy (non-hydrogen) atoms. The van der Waals surface area contributed by atoms with Crippen LogP contribution in [-0.4, -0.2) is 17.1 Å². The van der Waals surface area contributed by atoms with Crippen molar-refractivity contribution in [3.05, 3.63) is 61.3 Å². The molecule has 0 amide bonds. The van der Waals surface area contributed by atoms with Gasteiger partial charge in [-0.3, -0.25) is 4.79 Å². The van der Waals surface area contributed by atoms with Crippen LogP contribution < -0.4 is 5.56 Å². The predicted octanol–water partition coefficient (Wildman–Crippen LogP) is 2.31. The molecule has 1 aromatic heterocycles. The number of ether oxygens (including phenoxy) is 1. The largest absolute Gasteiger partial charge is 0.378 e. The van der Waals surface area contributed by atoms with Crippen LogP contribution in [0.15, 0.2) is 35.1 Å². The lowest BCUT2D eigenvalue weighted by atomic mass is 10.1. The van der Waals surface area contributed by atoms with E-state index in [1.54, 1.807) is 7.11 Å². The molecule has 1 heterocycles. The third kappa shape index (κ3) is 3.87. The monoisotopic (exact) mass is 370 g/mol. The zero-order valence-corrected chi connectivity index (χ0v) is 12.8. The number of nitrogens with zero attached hydrogens (tertiary/aromatic N) is 1. The molecule has 2 rings (SSSR count). The molecule has 1 N–H and O–H groups in total. The lowest BCUT2D eigenvalue weighted by molar-refractivity contribution is 0.180. The van der Waals surface area contributed by atoms with Gasteiger partial charge in [-0.05, 0) is 34.6 Å². The molecule has 100 valence electrons. The van der Waals surface area contributed by atoms with Crippen molar-refractivity contribution in [3.63, 3.8) is 0 Å². The van der Waals surface area contributed by atoms with E-state index in [4.69, 9.17) is 4.74 Å². The van der Waals surface area contributed by atoms with Gasteiger partial charge in [-0.1, -0.05) is 30.3 Å². The number of H-pyrrole nitrogens is 1. The van der Waals surface area contributed by atoms with Gasteiger partial charge in [-0.15, -0.1) is 0 Å². The minimum atomic E-state index is -0.0919. The molecule has 0 aliphatic rings. The summed E-state index contributed by atoms with van der Waals surface area (Å²) >= 11 is 2.00. The average molecular weight is 370 g/mol. The molecular weight excluding hydrogens is 355 g/mol. The zero-order chi connectivity index (χ0) is 13.7. The average Bonchev–Trinajstić information content (AvgIpc) is 2.43. The summed E-state index contributed by atoms with van der Waals surface area (Å²) < 4.78 is 5.66. The first-order valence-corrected chi connectivity index (χ1v) is 7.09. The molecule has 0 fully saturated rings. The molecule has 0 aliphatic carbocycles. The number of aryl methyl sites for hydroxylation is 2. The Kier molecular flexibility index (Phi) is 5.09. The van der Waals surface area contributed by atoms with Crippen molar-refractivity contribution in [2.45, 2.75) is 19.4 Å². The Hall–Kier alpha value is -1.21. The van der Waals surface area contributed by atoms with E-state index in [9.17, 15) is 4.79 Å². The van der Waals surface area contributed by atoms with Crippen molar-refractivity contribution >= 4 is 22.6 Å². The zero-order valence-electron chi connectivity index (χ0n) is 10.6. The standard InChI is InChI=1S/C14H15IN2O2/c1-19-9-11-13(15)14(18)17-12(16-11)8-7-10-5-3-2-4-6-10/h2-6H,7-9H2,1H3,(H,16,17,18). The van der Waals surface area contributed by atoms with Crippen LogP contribution in [0.1, 0.15) is 17.1 Å². The second-order valence-corrected chi connectivity index (χ2v) is 5.27. The number of hydrogen-bond acceptors (Lipinski definition) is 3. The molecule has 0 spiro atoms. The number of methoxy groups -OCH3 is 1. The van der Waals surface area contributed by atoms with Gasteiger partial charge < -0.3 is 9.72 Å². The minimum absolute atomic E-state index is 0.0919. The Labute approximate surface area is 125 Å². The van der Waals surface area contributed by atoms with Crippen molar-refractivity contribution < 1.29 is 4.74 Å². The summed E-state index contributed by atoms with van der Waals surface area (Å²) in [6.45, 7) is 0.362. The van der Waals surface area contributed by atoms with Crippen LogP contribution in [0.3, 0.4) is 0 Å². The van der Waals surface area contributed by atoms with Crippen molar-refractivity contribution in [1.29, 1.82) is 0 Å². The maximum Gasteiger partial charge on any atom is 0.264 e. The van der Waals surface area contributed by atoms with Crippen molar-refractivity contribution in [2.24, 2.45) is 0 Å². The fraction of sp³-hybridized carbons (Fsp3) is 0.286. The molecule has 2 aromatic rings. The summed E-state index contributed by atoms with van der Waals surface area (Å²) in [7, 11) is 1.60. The van der Waals surface area contributed by atoms with Gasteiger partial charge in [0.1, 0.15) is 9.39 Å². The number of hydrogen-bond donors (Lipinski definition) is 1. The van der Waals surface area contributed by atoms with Crippen molar-refractivity contribution in [1.82, 2.24) is 9.97 Å². The molecular formula is C14H15IN2O2. The van der Waals surface area contributed by atoms with Crippen LogP contribution in [0.25, 0.3) is 0 Å². The number of aromatic nitrogens is 2. The summed E-state index contributed by atoms with van der Waals surface area (Å²) in [6, 6.07) is 10.2. The number of halogens is 1. The van der Waals surface area contributed by atoms with Gasteiger partial charge >= 0.3 is 0 Å². The first-order chi connectivity index (χ1) is 9.20. The van der Waals surface area contributed by atoms with Crippen LogP contribution in [0.2, 0.25) is 0 Å². The normalized spacial score (nSPS) is 10.6. The van der Waals surface area contributed by atoms with Crippen LogP contribution in [0.5, 0.6) is 0 Å². The lowest BCUT2D eigenvalue weighted by Gasteiger charge is -2.06. The molecule has 4 nitrogen and oxygen atoms in total. The van der Waals surface area contributed by atoms with E-state index < -0.39 is 0 Å². The molecule has 0 atom stereocenters. The Morgan fingerprint density at radius 3 is 2.68 bits per heavy atom. The highest BCUT2D eigenvalue weighted by molar-refractivity contribution is 14.1. The highest BCUT2D eigenvalue weighted by Crippen LogP contribution is 2.08. The number of rotatable bonds is 5. The quantitative estimate of drug-likeness (QED) is 0.822. The van der Waals surface area contributed by atoms with E-state index >= 15 is 0 Å². The van der Waals surface area contributed by atoms with Crippen molar-refractivity contribution in [2.75, 3.05) is 7.11 Å². The van der Waals surface area contributed by atoms with Gasteiger partial charge in [0, 0.05) is 13.5 Å². The van der Waals surface area contributed by atoms with Gasteiger partial charge in [-0.2, -0.15) is 0 Å². The summed E-state index contributed by atoms with van der Waals surface area (Å²) in [6.07, 6.45) is 1.57. The lowest BCUT2D eigenvalue weighted by Crippen LogP contribution is -2.19. The van der Waals surface area contributed by atoms with Crippen LogP contribution in [-0.2, 0) is 24.2 Å². The van der Waals surface area contributed by atoms with E-state index in [1.807, 2.05) is 40.8 Å². The van der Waals surface area contributed by atoms with E-state index in [1.165, 1.54) is 5.56 Å². The second kappa shape index (κ2) is 6.81. The SMILES string of the molecule is COCc1nc(CCc2ccccc2)[nH]c(=O)c1I. The molecule has 0 radical (unpaired) electrons. The first-order valence-electron chi connectivity index (χ1n) is 6.01. The van der Waals surface area contributed by atoms with Crippen LogP contribution >= 0.6 is 22.6 Å². The maximum absolute atomic E-state index is 11.8. The van der Waals surface area contributed by atoms with E-state index in [-0.39, 0.29) is 5.56 Å². The summed E-state index contributed by atoms with van der Waals surface area (Å²) in [5.41, 5.74) is 1.85. The van der Waals surface area contributed by atoms with Crippen LogP contribution in [0, 0.1) is 3.57 Å². The third-order valence-electron chi connectivity index (χ3n) is 2.75. The molecule has 0 unspecified atom stereocenters. The Balaban J connectivity index is 2.14. The number of benzene rings is 1. The minimum Gasteiger partial charge on any atom is -0.378 e. The molecule has 1 aromatic carbocycles. The first kappa shape index (κ1) is 14.2. The summed E-state index contributed by atoms with van der Waals surface area (Å²) in [5.74, 6) is 0.710. The maximum atomic E-state index is 11.8. The third-order valence-corrected chi connectivity index (χ3v) is 3.87. The van der Waals surface area contributed by atoms with E-state index in [0.717, 1.165) is 6.42 Å². The Morgan fingerprint density at radius 1 is 1.26 bits per heavy atom. The summed E-state index contributed by atoms with van der Waals surface area (Å²) in [5, 5.41) is 0. The molecule has 0 bridgehead atoms. The van der Waals surface area contributed by atoms with Crippen molar-refractivity contribution in [3.8, 4) is 0 Å². The molecule has 0 aliphatic heterocycles. The highest BCUT2D eigenvalue weighted by Gasteiger charge is 2.08. The van der Waals surface area contributed by atoms with Gasteiger partial charge in [-0.25, -0.2) is 4.98 Å². The predicted molar refractivity (Wildman–Crippen MR) is 82.1 cm³/mol. The molecule has 0 saturated carbocycles. The summed E-state index contributed by atoms with van der Waals surface area (Å²) in [4.78, 5) is 19.1. The van der Waals surface area contributed by atoms with Crippen LogP contribution in [0.4, 0.5) is 0 Å². The topological polar surface area (TPSA) is 55.0 Å². The smallest absolute Gasteiger partial charge is 0.264 e. The number of nitrogens with one attached hydrogen (secondary N) is 1. The Morgan fingerprint density at radius 2 is 2.00 bits per heavy atom. The highest BCUT2D eigenvalue weighted by atomic mass is 127. The van der Waals surface area contributed by atoms with E-state index in [2.05, 4.69) is 22.1 Å². The fourth-order valence-electron chi connectivity index (χ4n) is 1.82. The number of aromatic amines is 1. The fourth-order valence-corrected chi connectivity index (χ4v) is 2.23. The molecule has 5 heteroatoms. The van der Waals surface area contributed by atoms with Gasteiger partial charge in [0.15, 0.2) is 0 Å². The van der Waals surface area contributed by atoms with Gasteiger partial charge in [0.2, 0.25) is 0 Å². The Bertz CT molecular complexity index is 596. The van der Waals surface area contributed by atoms with Gasteiger partial charge in [0.25, 0.3) is 5.56 Å². The van der Waals surface area contributed by atoms with E-state index in [0.29, 0.717) is 28.1 Å². The van der Waals surface area contributed by atoms with Gasteiger partial charge in [0.05, 0.1) is 12.3 Å². The molecule has 0 saturated heterocycles.